The number of anilines is 1. The van der Waals surface area contributed by atoms with Gasteiger partial charge in [-0.15, -0.1) is 0 Å². The number of aromatic nitrogens is 1. The van der Waals surface area contributed by atoms with E-state index >= 15 is 0 Å². The van der Waals surface area contributed by atoms with Gasteiger partial charge in [-0.1, -0.05) is 19.2 Å². The van der Waals surface area contributed by atoms with Crippen LogP contribution in [0.1, 0.15) is 5.69 Å². The number of hydrogen-bond donors (Lipinski definition) is 1. The molecule has 13 heavy (non-hydrogen) atoms. The van der Waals surface area contributed by atoms with Gasteiger partial charge in [-0.05, 0) is 25.1 Å². The number of nitrogens with zero attached hydrogens (tertiary/aromatic N) is 2. The molecule has 3 heteroatoms. The van der Waals surface area contributed by atoms with Gasteiger partial charge >= 0.3 is 0 Å². The van der Waals surface area contributed by atoms with E-state index in [2.05, 4.69) is 18.1 Å². The van der Waals surface area contributed by atoms with Crippen LogP contribution in [0.3, 0.4) is 0 Å². The lowest BCUT2D eigenvalue weighted by Gasteiger charge is -2.17. The zero-order valence-electron chi connectivity index (χ0n) is 7.70. The van der Waals surface area contributed by atoms with Gasteiger partial charge in [-0.25, -0.2) is 10.8 Å². The Kier molecular flexibility index (Phi) is 2.82. The molecule has 0 aromatic carbocycles. The molecule has 0 saturated heterocycles. The Morgan fingerprint density at radius 1 is 1.62 bits per heavy atom. The monoisotopic (exact) mass is 175 g/mol. The zero-order valence-corrected chi connectivity index (χ0v) is 7.70. The number of rotatable bonds is 3. The van der Waals surface area contributed by atoms with Crippen LogP contribution in [0.15, 0.2) is 43.1 Å². The maximum absolute atomic E-state index is 5.72. The maximum atomic E-state index is 5.72. The molecule has 0 fully saturated rings. The molecule has 0 atom stereocenters. The van der Waals surface area contributed by atoms with Crippen molar-refractivity contribution in [2.24, 2.45) is 5.84 Å². The third kappa shape index (κ3) is 2.16. The number of hydrogen-bond acceptors (Lipinski definition) is 3. The molecule has 0 saturated carbocycles. The van der Waals surface area contributed by atoms with Gasteiger partial charge in [0.1, 0.15) is 5.82 Å². The summed E-state index contributed by atoms with van der Waals surface area (Å²) in [6.07, 6.45) is 1.59. The Bertz CT molecular complexity index is 331. The Morgan fingerprint density at radius 2 is 2.31 bits per heavy atom. The summed E-state index contributed by atoms with van der Waals surface area (Å²) in [5.41, 5.74) is 1.54. The van der Waals surface area contributed by atoms with Gasteiger partial charge < -0.3 is 0 Å². The molecule has 0 unspecified atom stereocenters. The quantitative estimate of drug-likeness (QED) is 0.432. The molecule has 1 rings (SSSR count). The van der Waals surface area contributed by atoms with E-state index in [1.807, 2.05) is 25.1 Å². The first kappa shape index (κ1) is 9.48. The van der Waals surface area contributed by atoms with Crippen LogP contribution in [0.2, 0.25) is 0 Å². The SMILES string of the molecule is C=CC(=C)N(N)c1cccc(C)n1. The Morgan fingerprint density at radius 3 is 2.85 bits per heavy atom. The second-order valence-corrected chi connectivity index (χ2v) is 2.70. The molecular weight excluding hydrogens is 162 g/mol. The van der Waals surface area contributed by atoms with Crippen LogP contribution < -0.4 is 10.9 Å². The van der Waals surface area contributed by atoms with Crippen LogP contribution in [0.5, 0.6) is 0 Å². The predicted octanol–water partition coefficient (Wildman–Crippen LogP) is 1.77. The number of aryl methyl sites for hydroxylation is 1. The van der Waals surface area contributed by atoms with Crippen molar-refractivity contribution in [2.45, 2.75) is 6.92 Å². The average molecular weight is 175 g/mol. The van der Waals surface area contributed by atoms with Crippen LogP contribution in [0, 0.1) is 6.92 Å². The van der Waals surface area contributed by atoms with Gasteiger partial charge in [0.05, 0.1) is 5.70 Å². The molecule has 0 radical (unpaired) electrons. The van der Waals surface area contributed by atoms with Crippen LogP contribution in [0.25, 0.3) is 0 Å². The molecule has 0 amide bonds. The Hall–Kier alpha value is -1.61. The number of allylic oxidation sites excluding steroid dienone is 1. The van der Waals surface area contributed by atoms with Crippen molar-refractivity contribution in [1.82, 2.24) is 4.98 Å². The minimum Gasteiger partial charge on any atom is -0.263 e. The first-order valence-electron chi connectivity index (χ1n) is 3.95. The molecule has 0 bridgehead atoms. The van der Waals surface area contributed by atoms with Crippen LogP contribution >= 0.6 is 0 Å². The molecule has 68 valence electrons. The molecular formula is C10H13N3. The molecule has 2 N–H and O–H groups in total. The van der Waals surface area contributed by atoms with E-state index in [-0.39, 0.29) is 0 Å². The summed E-state index contributed by atoms with van der Waals surface area (Å²) in [6, 6.07) is 5.63. The lowest BCUT2D eigenvalue weighted by atomic mass is 10.3. The molecule has 0 aliphatic carbocycles. The van der Waals surface area contributed by atoms with Crippen molar-refractivity contribution in [3.63, 3.8) is 0 Å². The lowest BCUT2D eigenvalue weighted by Crippen LogP contribution is -2.29. The maximum Gasteiger partial charge on any atom is 0.147 e. The summed E-state index contributed by atoms with van der Waals surface area (Å²) in [4.78, 5) is 4.23. The lowest BCUT2D eigenvalue weighted by molar-refractivity contribution is 0.980. The van der Waals surface area contributed by atoms with Crippen LogP contribution in [-0.4, -0.2) is 4.98 Å². The van der Waals surface area contributed by atoms with E-state index in [4.69, 9.17) is 5.84 Å². The highest BCUT2D eigenvalue weighted by Gasteiger charge is 2.03. The van der Waals surface area contributed by atoms with E-state index in [1.54, 1.807) is 6.08 Å². The number of hydrazine groups is 1. The topological polar surface area (TPSA) is 42.1 Å². The normalized spacial score (nSPS) is 9.38. The molecule has 0 aliphatic rings. The first-order valence-corrected chi connectivity index (χ1v) is 3.95. The van der Waals surface area contributed by atoms with Crippen molar-refractivity contribution < 1.29 is 0 Å². The summed E-state index contributed by atoms with van der Waals surface area (Å²) in [6.45, 7) is 9.21. The standard InChI is InChI=1S/C10H13N3/c1-4-9(3)13(11)10-7-5-6-8(2)12-10/h4-7H,1,3,11H2,2H3. The van der Waals surface area contributed by atoms with E-state index in [0.29, 0.717) is 11.5 Å². The molecule has 0 spiro atoms. The largest absolute Gasteiger partial charge is 0.263 e. The summed E-state index contributed by atoms with van der Waals surface area (Å²) in [7, 11) is 0. The predicted molar refractivity (Wildman–Crippen MR) is 55.0 cm³/mol. The van der Waals surface area contributed by atoms with Crippen molar-refractivity contribution in [2.75, 3.05) is 5.01 Å². The van der Waals surface area contributed by atoms with Crippen molar-refractivity contribution in [1.29, 1.82) is 0 Å². The fraction of sp³-hybridized carbons (Fsp3) is 0.100. The summed E-state index contributed by atoms with van der Waals surface area (Å²) < 4.78 is 0. The minimum absolute atomic E-state index is 0.623. The highest BCUT2D eigenvalue weighted by molar-refractivity contribution is 5.46. The third-order valence-corrected chi connectivity index (χ3v) is 1.67. The van der Waals surface area contributed by atoms with Gasteiger partial charge in [0, 0.05) is 5.69 Å². The molecule has 1 aromatic rings. The van der Waals surface area contributed by atoms with Gasteiger partial charge in [-0.2, -0.15) is 0 Å². The third-order valence-electron chi connectivity index (χ3n) is 1.67. The highest BCUT2D eigenvalue weighted by atomic mass is 15.4. The second-order valence-electron chi connectivity index (χ2n) is 2.70. The molecule has 1 aromatic heterocycles. The van der Waals surface area contributed by atoms with E-state index in [0.717, 1.165) is 5.69 Å². The van der Waals surface area contributed by atoms with Crippen molar-refractivity contribution in [3.8, 4) is 0 Å². The smallest absolute Gasteiger partial charge is 0.147 e. The van der Waals surface area contributed by atoms with Crippen LogP contribution in [-0.2, 0) is 0 Å². The fourth-order valence-corrected chi connectivity index (χ4v) is 0.908. The van der Waals surface area contributed by atoms with Gasteiger partial charge in [-0.3, -0.25) is 5.01 Å². The fourth-order valence-electron chi connectivity index (χ4n) is 0.908. The first-order chi connectivity index (χ1) is 6.15. The van der Waals surface area contributed by atoms with Gasteiger partial charge in [0.2, 0.25) is 0 Å². The highest BCUT2D eigenvalue weighted by Crippen LogP contribution is 2.11. The summed E-state index contributed by atoms with van der Waals surface area (Å²) in [5.74, 6) is 6.39. The molecule has 1 heterocycles. The Balaban J connectivity index is 2.94. The second kappa shape index (κ2) is 3.87. The van der Waals surface area contributed by atoms with E-state index < -0.39 is 0 Å². The number of pyridine rings is 1. The van der Waals surface area contributed by atoms with Gasteiger partial charge in [0.25, 0.3) is 0 Å². The van der Waals surface area contributed by atoms with E-state index in [9.17, 15) is 0 Å². The Labute approximate surface area is 78.2 Å². The summed E-state index contributed by atoms with van der Waals surface area (Å²) >= 11 is 0. The zero-order chi connectivity index (χ0) is 9.84. The summed E-state index contributed by atoms with van der Waals surface area (Å²) in [5, 5.41) is 1.40. The molecule has 3 nitrogen and oxygen atoms in total. The van der Waals surface area contributed by atoms with E-state index in [1.165, 1.54) is 5.01 Å². The van der Waals surface area contributed by atoms with Crippen LogP contribution in [0.4, 0.5) is 5.82 Å². The molecule has 0 aliphatic heterocycles. The van der Waals surface area contributed by atoms with Crippen molar-refractivity contribution >= 4 is 5.82 Å². The van der Waals surface area contributed by atoms with Crippen molar-refractivity contribution in [3.05, 3.63) is 48.8 Å². The number of nitrogens with two attached hydrogens (primary N) is 1. The van der Waals surface area contributed by atoms with Gasteiger partial charge in [0.15, 0.2) is 0 Å². The minimum atomic E-state index is 0.623. The average Bonchev–Trinajstić information content (AvgIpc) is 2.15.